The van der Waals surface area contributed by atoms with Gasteiger partial charge in [0.1, 0.15) is 5.75 Å². The minimum Gasteiger partial charge on any atom is -0.493 e. The van der Waals surface area contributed by atoms with Gasteiger partial charge in [-0.3, -0.25) is 9.59 Å². The highest BCUT2D eigenvalue weighted by Crippen LogP contribution is 2.17. The first kappa shape index (κ1) is 25.6. The summed E-state index contributed by atoms with van der Waals surface area (Å²) in [6.07, 6.45) is 3.07. The highest BCUT2D eigenvalue weighted by molar-refractivity contribution is 7.90. The van der Waals surface area contributed by atoms with E-state index in [1.54, 1.807) is 24.1 Å². The van der Waals surface area contributed by atoms with Crippen molar-refractivity contribution in [2.75, 3.05) is 26.5 Å². The molecular formula is C25H33NO5S. The fraction of sp³-hybridized carbons (Fsp3) is 0.440. The molecule has 0 aliphatic carbocycles. The Morgan fingerprint density at radius 3 is 2.34 bits per heavy atom. The number of amides is 1. The number of rotatable bonds is 12. The van der Waals surface area contributed by atoms with Crippen molar-refractivity contribution in [1.82, 2.24) is 4.90 Å². The zero-order chi connectivity index (χ0) is 23.7. The van der Waals surface area contributed by atoms with E-state index in [1.165, 1.54) is 17.7 Å². The van der Waals surface area contributed by atoms with E-state index in [2.05, 4.69) is 13.8 Å². The van der Waals surface area contributed by atoms with Crippen LogP contribution in [-0.4, -0.2) is 51.5 Å². The second-order valence-electron chi connectivity index (χ2n) is 8.48. The van der Waals surface area contributed by atoms with Crippen molar-refractivity contribution >= 4 is 21.5 Å². The summed E-state index contributed by atoms with van der Waals surface area (Å²) >= 11 is 0. The first-order valence-corrected chi connectivity index (χ1v) is 12.7. The molecule has 0 aromatic heterocycles. The zero-order valence-corrected chi connectivity index (χ0v) is 20.2. The van der Waals surface area contributed by atoms with Gasteiger partial charge in [0.25, 0.3) is 0 Å². The summed E-state index contributed by atoms with van der Waals surface area (Å²) in [5, 5.41) is 0. The van der Waals surface area contributed by atoms with Crippen molar-refractivity contribution in [1.29, 1.82) is 0 Å². The number of ketones is 1. The number of carbonyl (C=O) groups is 2. The van der Waals surface area contributed by atoms with Crippen LogP contribution in [0, 0.1) is 5.92 Å². The lowest BCUT2D eigenvalue weighted by molar-refractivity contribution is -0.129. The molecule has 0 saturated carbocycles. The van der Waals surface area contributed by atoms with Crippen molar-refractivity contribution in [2.45, 2.75) is 44.4 Å². The number of ether oxygens (including phenoxy) is 1. The van der Waals surface area contributed by atoms with Crippen LogP contribution in [0.3, 0.4) is 0 Å². The van der Waals surface area contributed by atoms with E-state index in [1.807, 2.05) is 24.3 Å². The smallest absolute Gasteiger partial charge is 0.222 e. The molecular weight excluding hydrogens is 426 g/mol. The Morgan fingerprint density at radius 1 is 1.03 bits per heavy atom. The second-order valence-corrected chi connectivity index (χ2v) is 10.5. The molecule has 2 rings (SSSR count). The summed E-state index contributed by atoms with van der Waals surface area (Å²) in [5.74, 6) is 0.922. The largest absolute Gasteiger partial charge is 0.493 e. The topological polar surface area (TPSA) is 80.8 Å². The molecule has 0 radical (unpaired) electrons. The SMILES string of the molecule is CC(C)Cc1ccc(C(=O)CCC(=O)N(C)CCCOc2cccc(S(C)(=O)=O)c2)cc1. The Bertz CT molecular complexity index is 1010. The van der Waals surface area contributed by atoms with Gasteiger partial charge >= 0.3 is 0 Å². The summed E-state index contributed by atoms with van der Waals surface area (Å²) < 4.78 is 28.8. The molecule has 0 fully saturated rings. The quantitative estimate of drug-likeness (QED) is 0.351. The number of hydrogen-bond acceptors (Lipinski definition) is 5. The molecule has 0 saturated heterocycles. The summed E-state index contributed by atoms with van der Waals surface area (Å²) in [6, 6.07) is 14.0. The Balaban J connectivity index is 1.72. The Hall–Kier alpha value is -2.67. The third-order valence-corrected chi connectivity index (χ3v) is 6.16. The van der Waals surface area contributed by atoms with Gasteiger partial charge in [0, 0.05) is 38.3 Å². The molecule has 0 spiro atoms. The van der Waals surface area contributed by atoms with Gasteiger partial charge in [0.15, 0.2) is 15.6 Å². The van der Waals surface area contributed by atoms with Crippen molar-refractivity contribution in [3.63, 3.8) is 0 Å². The van der Waals surface area contributed by atoms with Crippen LogP contribution in [0.2, 0.25) is 0 Å². The lowest BCUT2D eigenvalue weighted by Gasteiger charge is -2.17. The number of carbonyl (C=O) groups excluding carboxylic acids is 2. The summed E-state index contributed by atoms with van der Waals surface area (Å²) in [5.41, 5.74) is 1.84. The molecule has 32 heavy (non-hydrogen) atoms. The van der Waals surface area contributed by atoms with Gasteiger partial charge in [-0.15, -0.1) is 0 Å². The molecule has 0 N–H and O–H groups in total. The molecule has 0 heterocycles. The van der Waals surface area contributed by atoms with Gasteiger partial charge in [0.05, 0.1) is 11.5 Å². The first-order chi connectivity index (χ1) is 15.1. The minimum atomic E-state index is -3.28. The maximum absolute atomic E-state index is 12.4. The average Bonchev–Trinajstić information content (AvgIpc) is 2.74. The lowest BCUT2D eigenvalue weighted by atomic mass is 9.99. The molecule has 2 aromatic rings. The van der Waals surface area contributed by atoms with Crippen LogP contribution in [0.4, 0.5) is 0 Å². The van der Waals surface area contributed by atoms with E-state index in [9.17, 15) is 18.0 Å². The van der Waals surface area contributed by atoms with E-state index in [4.69, 9.17) is 4.74 Å². The highest BCUT2D eigenvalue weighted by Gasteiger charge is 2.13. The number of nitrogens with zero attached hydrogens (tertiary/aromatic N) is 1. The molecule has 7 heteroatoms. The van der Waals surface area contributed by atoms with Crippen LogP contribution in [0.15, 0.2) is 53.4 Å². The van der Waals surface area contributed by atoms with Gasteiger partial charge in [-0.05, 0) is 42.5 Å². The molecule has 0 bridgehead atoms. The fourth-order valence-electron chi connectivity index (χ4n) is 3.26. The Labute approximate surface area is 191 Å². The Morgan fingerprint density at radius 2 is 1.72 bits per heavy atom. The Kier molecular flexibility index (Phi) is 9.44. The minimum absolute atomic E-state index is 0.0306. The van der Waals surface area contributed by atoms with E-state index in [-0.39, 0.29) is 29.4 Å². The predicted molar refractivity (Wildman–Crippen MR) is 126 cm³/mol. The second kappa shape index (κ2) is 11.8. The van der Waals surface area contributed by atoms with Gasteiger partial charge in [-0.1, -0.05) is 44.2 Å². The van der Waals surface area contributed by atoms with Gasteiger partial charge < -0.3 is 9.64 Å². The van der Waals surface area contributed by atoms with E-state index >= 15 is 0 Å². The van der Waals surface area contributed by atoms with Crippen molar-refractivity contribution in [3.8, 4) is 5.75 Å². The van der Waals surface area contributed by atoms with Crippen molar-refractivity contribution in [2.24, 2.45) is 5.92 Å². The van der Waals surface area contributed by atoms with Crippen LogP contribution in [0.25, 0.3) is 0 Å². The van der Waals surface area contributed by atoms with Crippen molar-refractivity contribution < 1.29 is 22.7 Å². The third kappa shape index (κ3) is 8.46. The normalized spacial score (nSPS) is 11.4. The molecule has 2 aromatic carbocycles. The van der Waals surface area contributed by atoms with Gasteiger partial charge in [0.2, 0.25) is 5.91 Å². The molecule has 174 valence electrons. The van der Waals surface area contributed by atoms with E-state index in [0.29, 0.717) is 36.8 Å². The lowest BCUT2D eigenvalue weighted by Crippen LogP contribution is -2.29. The average molecular weight is 460 g/mol. The summed E-state index contributed by atoms with van der Waals surface area (Å²) in [4.78, 5) is 26.5. The molecule has 0 unspecified atom stereocenters. The highest BCUT2D eigenvalue weighted by atomic mass is 32.2. The van der Waals surface area contributed by atoms with E-state index in [0.717, 1.165) is 12.7 Å². The maximum Gasteiger partial charge on any atom is 0.222 e. The van der Waals surface area contributed by atoms with Gasteiger partial charge in [-0.2, -0.15) is 0 Å². The summed E-state index contributed by atoms with van der Waals surface area (Å²) in [7, 11) is -1.58. The standard InChI is InChI=1S/C25H33NO5S/c1-19(2)17-20-9-11-21(12-10-20)24(27)13-14-25(28)26(3)15-6-16-31-22-7-5-8-23(18-22)32(4,29)30/h5,7-12,18-19H,6,13-17H2,1-4H3. The van der Waals surface area contributed by atoms with Crippen LogP contribution in [0.5, 0.6) is 5.75 Å². The van der Waals surface area contributed by atoms with Crippen LogP contribution >= 0.6 is 0 Å². The molecule has 6 nitrogen and oxygen atoms in total. The van der Waals surface area contributed by atoms with Crippen LogP contribution in [0.1, 0.15) is 49.0 Å². The van der Waals surface area contributed by atoms with Crippen molar-refractivity contribution in [3.05, 3.63) is 59.7 Å². The maximum atomic E-state index is 12.4. The van der Waals surface area contributed by atoms with Gasteiger partial charge in [-0.25, -0.2) is 8.42 Å². The zero-order valence-electron chi connectivity index (χ0n) is 19.3. The fourth-order valence-corrected chi connectivity index (χ4v) is 3.92. The number of hydrogen-bond donors (Lipinski definition) is 0. The molecule has 0 aliphatic heterocycles. The summed E-state index contributed by atoms with van der Waals surface area (Å²) in [6.45, 7) is 5.16. The van der Waals surface area contributed by atoms with Crippen LogP contribution < -0.4 is 4.74 Å². The number of sulfone groups is 1. The number of Topliss-reactive ketones (excluding diaryl/α,β-unsaturated/α-hetero) is 1. The number of benzene rings is 2. The van der Waals surface area contributed by atoms with E-state index < -0.39 is 9.84 Å². The third-order valence-electron chi connectivity index (χ3n) is 5.05. The molecule has 1 amide bonds. The predicted octanol–water partition coefficient (Wildman–Crippen LogP) is 4.18. The monoisotopic (exact) mass is 459 g/mol. The van der Waals surface area contributed by atoms with Crippen LogP contribution in [-0.2, 0) is 21.1 Å². The molecule has 0 atom stereocenters. The first-order valence-electron chi connectivity index (χ1n) is 10.9. The molecule has 0 aliphatic rings.